The zero-order valence-corrected chi connectivity index (χ0v) is 10.3. The van der Waals surface area contributed by atoms with Gasteiger partial charge in [-0.15, -0.1) is 5.10 Å². The van der Waals surface area contributed by atoms with E-state index in [9.17, 15) is 0 Å². The maximum absolute atomic E-state index is 5.69. The number of hydrogen-bond acceptors (Lipinski definition) is 4. The number of rotatable bonds is 2. The van der Waals surface area contributed by atoms with E-state index in [1.165, 1.54) is 5.75 Å². The predicted octanol–water partition coefficient (Wildman–Crippen LogP) is 2.07. The van der Waals surface area contributed by atoms with Crippen LogP contribution in [0.1, 0.15) is 12.6 Å². The lowest BCUT2D eigenvalue weighted by molar-refractivity contribution is 0.274. The van der Waals surface area contributed by atoms with Gasteiger partial charge in [0.1, 0.15) is 0 Å². The summed E-state index contributed by atoms with van der Waals surface area (Å²) in [6.07, 6.45) is 0. The molecule has 2 rings (SSSR count). The van der Waals surface area contributed by atoms with Gasteiger partial charge in [-0.1, -0.05) is 18.5 Å². The summed E-state index contributed by atoms with van der Waals surface area (Å²) < 4.78 is 0. The molecule has 0 spiro atoms. The highest BCUT2D eigenvalue weighted by atomic mass is 35.5. The second-order valence-electron chi connectivity index (χ2n) is 3.76. The molecule has 0 aliphatic carbocycles. The van der Waals surface area contributed by atoms with Crippen molar-refractivity contribution >= 4 is 23.4 Å². The van der Waals surface area contributed by atoms with Crippen molar-refractivity contribution in [2.45, 2.75) is 18.7 Å². The Morgan fingerprint density at radius 2 is 2.40 bits per heavy atom. The van der Waals surface area contributed by atoms with Crippen molar-refractivity contribution in [2.75, 3.05) is 18.8 Å². The number of hydrogen-bond donors (Lipinski definition) is 0. The van der Waals surface area contributed by atoms with Gasteiger partial charge < -0.3 is 0 Å². The molecule has 15 heavy (non-hydrogen) atoms. The fourth-order valence-electron chi connectivity index (χ4n) is 1.69. The van der Waals surface area contributed by atoms with E-state index in [4.69, 9.17) is 11.6 Å². The van der Waals surface area contributed by atoms with Crippen LogP contribution in [0.3, 0.4) is 0 Å². The minimum atomic E-state index is 0.460. The number of nitrogens with zero attached hydrogens (tertiary/aromatic N) is 3. The number of halogens is 1. The van der Waals surface area contributed by atoms with E-state index in [0.717, 1.165) is 30.6 Å². The van der Waals surface area contributed by atoms with E-state index in [-0.39, 0.29) is 0 Å². The van der Waals surface area contributed by atoms with Crippen LogP contribution >= 0.6 is 23.4 Å². The lowest BCUT2D eigenvalue weighted by Gasteiger charge is -2.29. The zero-order chi connectivity index (χ0) is 10.7. The first-order valence-corrected chi connectivity index (χ1v) is 6.49. The molecule has 0 bridgehead atoms. The summed E-state index contributed by atoms with van der Waals surface area (Å²) in [6.45, 7) is 5.42. The van der Waals surface area contributed by atoms with Gasteiger partial charge in [-0.05, 0) is 12.1 Å². The third-order valence-electron chi connectivity index (χ3n) is 2.40. The van der Waals surface area contributed by atoms with E-state index >= 15 is 0 Å². The van der Waals surface area contributed by atoms with Crippen molar-refractivity contribution in [1.82, 2.24) is 15.1 Å². The molecule has 0 radical (unpaired) electrons. The normalized spacial score (nSPS) is 22.9. The summed E-state index contributed by atoms with van der Waals surface area (Å²) >= 11 is 7.72. The Hall–Kier alpha value is -0.320. The van der Waals surface area contributed by atoms with Gasteiger partial charge in [-0.3, -0.25) is 4.90 Å². The van der Waals surface area contributed by atoms with Gasteiger partial charge in [0.05, 0.1) is 5.69 Å². The SMILES string of the molecule is CC1CN(Cc2ccc(Cl)nn2)CCS1. The van der Waals surface area contributed by atoms with Crippen molar-refractivity contribution in [3.8, 4) is 0 Å². The standard InChI is InChI=1S/C10H14ClN3S/c1-8-6-14(4-5-15-8)7-9-2-3-10(11)13-12-9/h2-3,8H,4-7H2,1H3. The zero-order valence-electron chi connectivity index (χ0n) is 8.69. The summed E-state index contributed by atoms with van der Waals surface area (Å²) in [6, 6.07) is 3.74. The average Bonchev–Trinajstić information content (AvgIpc) is 2.22. The van der Waals surface area contributed by atoms with Crippen LogP contribution in [0.15, 0.2) is 12.1 Å². The molecule has 5 heteroatoms. The van der Waals surface area contributed by atoms with Crippen molar-refractivity contribution in [1.29, 1.82) is 0 Å². The van der Waals surface area contributed by atoms with E-state index in [2.05, 4.69) is 22.0 Å². The maximum Gasteiger partial charge on any atom is 0.151 e. The van der Waals surface area contributed by atoms with Crippen LogP contribution in [0.5, 0.6) is 0 Å². The van der Waals surface area contributed by atoms with Crippen LogP contribution in [-0.2, 0) is 6.54 Å². The maximum atomic E-state index is 5.69. The Morgan fingerprint density at radius 3 is 3.07 bits per heavy atom. The molecule has 0 N–H and O–H groups in total. The molecule has 1 unspecified atom stereocenters. The van der Waals surface area contributed by atoms with Gasteiger partial charge in [0, 0.05) is 30.6 Å². The van der Waals surface area contributed by atoms with Crippen LogP contribution < -0.4 is 0 Å². The average molecular weight is 244 g/mol. The van der Waals surface area contributed by atoms with Gasteiger partial charge >= 0.3 is 0 Å². The monoisotopic (exact) mass is 243 g/mol. The largest absolute Gasteiger partial charge is 0.296 e. The van der Waals surface area contributed by atoms with Crippen LogP contribution in [0.2, 0.25) is 5.15 Å². The highest BCUT2D eigenvalue weighted by Crippen LogP contribution is 2.18. The Morgan fingerprint density at radius 1 is 1.53 bits per heavy atom. The molecule has 1 aliphatic rings. The molecule has 1 aliphatic heterocycles. The molecule has 2 heterocycles. The van der Waals surface area contributed by atoms with Crippen LogP contribution in [-0.4, -0.2) is 39.2 Å². The molecule has 0 saturated carbocycles. The molecule has 3 nitrogen and oxygen atoms in total. The molecule has 1 aromatic heterocycles. The van der Waals surface area contributed by atoms with E-state index in [1.54, 1.807) is 6.07 Å². The first-order valence-electron chi connectivity index (χ1n) is 5.06. The lowest BCUT2D eigenvalue weighted by atomic mass is 10.3. The molecule has 0 amide bonds. The Labute approximate surface area is 99.2 Å². The topological polar surface area (TPSA) is 29.0 Å². The first kappa shape index (κ1) is 11.2. The highest BCUT2D eigenvalue weighted by Gasteiger charge is 2.16. The summed E-state index contributed by atoms with van der Waals surface area (Å²) in [5.74, 6) is 1.21. The fourth-order valence-corrected chi connectivity index (χ4v) is 2.87. The molecule has 82 valence electrons. The molecular weight excluding hydrogens is 230 g/mol. The van der Waals surface area contributed by atoms with Gasteiger partial charge in [-0.25, -0.2) is 0 Å². The van der Waals surface area contributed by atoms with Gasteiger partial charge in [0.25, 0.3) is 0 Å². The van der Waals surface area contributed by atoms with E-state index < -0.39 is 0 Å². The smallest absolute Gasteiger partial charge is 0.151 e. The first-order chi connectivity index (χ1) is 7.24. The second kappa shape index (κ2) is 5.14. The van der Waals surface area contributed by atoms with Gasteiger partial charge in [-0.2, -0.15) is 16.9 Å². The van der Waals surface area contributed by atoms with Crippen molar-refractivity contribution in [2.24, 2.45) is 0 Å². The van der Waals surface area contributed by atoms with Crippen LogP contribution in [0.4, 0.5) is 0 Å². The number of thioether (sulfide) groups is 1. The summed E-state index contributed by atoms with van der Waals surface area (Å²) in [4.78, 5) is 2.42. The summed E-state index contributed by atoms with van der Waals surface area (Å²) in [5, 5.41) is 9.10. The summed E-state index contributed by atoms with van der Waals surface area (Å²) in [5.41, 5.74) is 0.999. The predicted molar refractivity (Wildman–Crippen MR) is 64.2 cm³/mol. The molecule has 1 fully saturated rings. The number of aromatic nitrogens is 2. The fraction of sp³-hybridized carbons (Fsp3) is 0.600. The Bertz CT molecular complexity index is 317. The van der Waals surface area contributed by atoms with E-state index in [1.807, 2.05) is 17.8 Å². The highest BCUT2D eigenvalue weighted by molar-refractivity contribution is 7.99. The van der Waals surface area contributed by atoms with Gasteiger partial charge in [0.15, 0.2) is 5.15 Å². The van der Waals surface area contributed by atoms with E-state index in [0.29, 0.717) is 5.15 Å². The Kier molecular flexibility index (Phi) is 3.83. The Balaban J connectivity index is 1.93. The third-order valence-corrected chi connectivity index (χ3v) is 3.74. The molecule has 1 aromatic rings. The van der Waals surface area contributed by atoms with Crippen LogP contribution in [0, 0.1) is 0 Å². The van der Waals surface area contributed by atoms with Crippen LogP contribution in [0.25, 0.3) is 0 Å². The minimum absolute atomic E-state index is 0.460. The lowest BCUT2D eigenvalue weighted by Crippen LogP contribution is -2.36. The second-order valence-corrected chi connectivity index (χ2v) is 5.70. The molecule has 1 saturated heterocycles. The molecule has 0 aromatic carbocycles. The summed E-state index contributed by atoms with van der Waals surface area (Å²) in [7, 11) is 0. The quantitative estimate of drug-likeness (QED) is 0.795. The molecule has 1 atom stereocenters. The minimum Gasteiger partial charge on any atom is -0.296 e. The third kappa shape index (κ3) is 3.33. The van der Waals surface area contributed by atoms with Gasteiger partial charge in [0.2, 0.25) is 0 Å². The van der Waals surface area contributed by atoms with Crippen molar-refractivity contribution in [3.63, 3.8) is 0 Å². The van der Waals surface area contributed by atoms with Crippen molar-refractivity contribution in [3.05, 3.63) is 23.0 Å². The van der Waals surface area contributed by atoms with Crippen molar-refractivity contribution < 1.29 is 0 Å². The molecular formula is C10H14ClN3S.